The van der Waals surface area contributed by atoms with Gasteiger partial charge in [0.15, 0.2) is 0 Å². The van der Waals surface area contributed by atoms with Crippen LogP contribution < -0.4 is 10.6 Å². The van der Waals surface area contributed by atoms with Crippen molar-refractivity contribution in [2.75, 3.05) is 31.2 Å². The van der Waals surface area contributed by atoms with E-state index >= 15 is 0 Å². The first-order chi connectivity index (χ1) is 15.5. The lowest BCUT2D eigenvalue weighted by Gasteiger charge is -2.29. The van der Waals surface area contributed by atoms with Crippen LogP contribution in [0.3, 0.4) is 0 Å². The third-order valence-corrected chi connectivity index (χ3v) is 5.81. The topological polar surface area (TPSA) is 86.3 Å². The SMILES string of the molecule is Cc1nc2c(C(N)=O)cc(N3CCOCC3)cc2n1-c1ccnc2cccc(C(F)F)c12. The minimum atomic E-state index is -2.66. The number of aryl methyl sites for hydroxylation is 1. The van der Waals surface area contributed by atoms with E-state index in [1.807, 2.05) is 6.07 Å². The van der Waals surface area contributed by atoms with E-state index in [1.54, 1.807) is 42.0 Å². The lowest BCUT2D eigenvalue weighted by atomic mass is 10.1. The molecule has 3 heterocycles. The number of halogens is 2. The van der Waals surface area contributed by atoms with Gasteiger partial charge in [0.1, 0.15) is 11.3 Å². The van der Waals surface area contributed by atoms with E-state index in [9.17, 15) is 13.6 Å². The van der Waals surface area contributed by atoms with Crippen molar-refractivity contribution in [2.24, 2.45) is 5.73 Å². The number of alkyl halides is 2. The Bertz CT molecular complexity index is 1340. The maximum Gasteiger partial charge on any atom is 0.264 e. The summed E-state index contributed by atoms with van der Waals surface area (Å²) in [6, 6.07) is 10.0. The Hall–Kier alpha value is -3.59. The second kappa shape index (κ2) is 7.83. The van der Waals surface area contributed by atoms with Crippen molar-refractivity contribution in [3.05, 3.63) is 59.5 Å². The molecular weight excluding hydrogens is 416 g/mol. The Morgan fingerprint density at radius 1 is 1.19 bits per heavy atom. The van der Waals surface area contributed by atoms with Gasteiger partial charge in [-0.2, -0.15) is 0 Å². The first-order valence-electron chi connectivity index (χ1n) is 10.3. The number of pyridine rings is 1. The van der Waals surface area contributed by atoms with E-state index < -0.39 is 12.3 Å². The summed E-state index contributed by atoms with van der Waals surface area (Å²) < 4.78 is 35.0. The van der Waals surface area contributed by atoms with E-state index in [4.69, 9.17) is 10.5 Å². The van der Waals surface area contributed by atoms with E-state index in [1.165, 1.54) is 6.07 Å². The second-order valence-corrected chi connectivity index (χ2v) is 7.69. The van der Waals surface area contributed by atoms with Crippen molar-refractivity contribution in [3.8, 4) is 5.69 Å². The number of rotatable bonds is 4. The highest BCUT2D eigenvalue weighted by Crippen LogP contribution is 2.35. The Morgan fingerprint density at radius 3 is 2.69 bits per heavy atom. The minimum Gasteiger partial charge on any atom is -0.378 e. The number of benzene rings is 2. The third kappa shape index (κ3) is 3.25. The predicted molar refractivity (Wildman–Crippen MR) is 118 cm³/mol. The van der Waals surface area contributed by atoms with Crippen molar-refractivity contribution in [2.45, 2.75) is 13.3 Å². The number of primary amides is 1. The summed E-state index contributed by atoms with van der Waals surface area (Å²) in [6.45, 7) is 4.27. The van der Waals surface area contributed by atoms with Crippen molar-refractivity contribution in [3.63, 3.8) is 0 Å². The number of amides is 1. The summed E-state index contributed by atoms with van der Waals surface area (Å²) >= 11 is 0. The molecule has 0 atom stereocenters. The quantitative estimate of drug-likeness (QED) is 0.526. The van der Waals surface area contributed by atoms with Crippen LogP contribution in [0, 0.1) is 6.92 Å². The summed E-state index contributed by atoms with van der Waals surface area (Å²) in [6.07, 6.45) is -1.08. The molecule has 0 unspecified atom stereocenters. The van der Waals surface area contributed by atoms with Crippen LogP contribution in [-0.4, -0.2) is 46.7 Å². The van der Waals surface area contributed by atoms with Crippen LogP contribution in [0.1, 0.15) is 28.2 Å². The molecular formula is C23H21F2N5O2. The normalized spacial score (nSPS) is 14.6. The number of aromatic nitrogens is 3. The Kier molecular flexibility index (Phi) is 4.97. The number of carbonyl (C=O) groups excluding carboxylic acids is 1. The highest BCUT2D eigenvalue weighted by atomic mass is 19.3. The van der Waals surface area contributed by atoms with Crippen LogP contribution in [0.25, 0.3) is 27.6 Å². The molecule has 0 spiro atoms. The van der Waals surface area contributed by atoms with Crippen LogP contribution in [0.4, 0.5) is 14.5 Å². The summed E-state index contributed by atoms with van der Waals surface area (Å²) in [5.41, 5.74) is 8.73. The highest BCUT2D eigenvalue weighted by molar-refractivity contribution is 6.06. The number of carbonyl (C=O) groups is 1. The van der Waals surface area contributed by atoms with Crippen LogP contribution in [0.2, 0.25) is 0 Å². The van der Waals surface area contributed by atoms with Gasteiger partial charge in [0.05, 0.1) is 35.5 Å². The summed E-state index contributed by atoms with van der Waals surface area (Å²) in [5.74, 6) is -0.0409. The molecule has 1 saturated heterocycles. The number of anilines is 1. The molecule has 7 nitrogen and oxygen atoms in total. The Morgan fingerprint density at radius 2 is 1.97 bits per heavy atom. The molecule has 1 amide bonds. The molecule has 2 aromatic carbocycles. The molecule has 1 aliphatic heterocycles. The number of nitrogens with zero attached hydrogens (tertiary/aromatic N) is 4. The molecule has 2 N–H and O–H groups in total. The smallest absolute Gasteiger partial charge is 0.264 e. The van der Waals surface area contributed by atoms with E-state index in [-0.39, 0.29) is 5.56 Å². The van der Waals surface area contributed by atoms with E-state index in [0.29, 0.717) is 65.3 Å². The fourth-order valence-electron chi connectivity index (χ4n) is 4.36. The molecule has 164 valence electrons. The summed E-state index contributed by atoms with van der Waals surface area (Å²) in [4.78, 5) is 23.3. The lowest BCUT2D eigenvalue weighted by molar-refractivity contribution is 0.100. The van der Waals surface area contributed by atoms with Gasteiger partial charge < -0.3 is 15.4 Å². The van der Waals surface area contributed by atoms with Crippen LogP contribution in [-0.2, 0) is 4.74 Å². The second-order valence-electron chi connectivity index (χ2n) is 7.69. The first kappa shape index (κ1) is 20.3. The monoisotopic (exact) mass is 437 g/mol. The van der Waals surface area contributed by atoms with Gasteiger partial charge >= 0.3 is 0 Å². The Labute approximate surface area is 182 Å². The maximum absolute atomic E-state index is 13.9. The van der Waals surface area contributed by atoms with Gasteiger partial charge in [0.25, 0.3) is 12.3 Å². The maximum atomic E-state index is 13.9. The number of nitrogens with two attached hydrogens (primary N) is 1. The van der Waals surface area contributed by atoms with Crippen LogP contribution in [0.15, 0.2) is 42.6 Å². The van der Waals surface area contributed by atoms with Crippen molar-refractivity contribution < 1.29 is 18.3 Å². The highest BCUT2D eigenvalue weighted by Gasteiger charge is 2.23. The number of hydrogen-bond acceptors (Lipinski definition) is 5. The molecule has 32 heavy (non-hydrogen) atoms. The van der Waals surface area contributed by atoms with Gasteiger partial charge in [-0.05, 0) is 31.2 Å². The number of ether oxygens (including phenoxy) is 1. The average Bonchev–Trinajstić information content (AvgIpc) is 3.13. The molecule has 0 saturated carbocycles. The van der Waals surface area contributed by atoms with E-state index in [0.717, 1.165) is 5.69 Å². The van der Waals surface area contributed by atoms with Crippen molar-refractivity contribution >= 4 is 33.5 Å². The van der Waals surface area contributed by atoms with Crippen molar-refractivity contribution in [1.29, 1.82) is 0 Å². The zero-order valence-corrected chi connectivity index (χ0v) is 17.4. The molecule has 1 fully saturated rings. The molecule has 2 aromatic heterocycles. The molecule has 4 aromatic rings. The van der Waals surface area contributed by atoms with Crippen LogP contribution >= 0.6 is 0 Å². The average molecular weight is 437 g/mol. The zero-order chi connectivity index (χ0) is 22.4. The summed E-state index contributed by atoms with van der Waals surface area (Å²) in [5, 5.41) is 0.352. The fourth-order valence-corrected chi connectivity index (χ4v) is 4.36. The standard InChI is InChI=1S/C23H21F2N5O2/c1-13-28-21-16(23(26)31)11-14(29-7-9-32-10-8-29)12-19(21)30(13)18-5-6-27-17-4-2-3-15(20(17)18)22(24)25/h2-6,11-12,22H,7-10H2,1H3,(H2,26,31). The first-order valence-corrected chi connectivity index (χ1v) is 10.3. The largest absolute Gasteiger partial charge is 0.378 e. The molecule has 1 aliphatic rings. The molecule has 0 aliphatic carbocycles. The fraction of sp³-hybridized carbons (Fsp3) is 0.261. The number of morpholine rings is 1. The third-order valence-electron chi connectivity index (χ3n) is 5.81. The molecule has 9 heteroatoms. The summed E-state index contributed by atoms with van der Waals surface area (Å²) in [7, 11) is 0. The van der Waals surface area contributed by atoms with Gasteiger partial charge in [0.2, 0.25) is 0 Å². The minimum absolute atomic E-state index is 0.105. The number of hydrogen-bond donors (Lipinski definition) is 1. The predicted octanol–water partition coefficient (Wildman–Crippen LogP) is 3.76. The molecule has 5 rings (SSSR count). The van der Waals surface area contributed by atoms with Crippen LogP contribution in [0.5, 0.6) is 0 Å². The Balaban J connectivity index is 1.83. The number of imidazole rings is 1. The zero-order valence-electron chi connectivity index (χ0n) is 17.4. The van der Waals surface area contributed by atoms with Gasteiger partial charge in [-0.15, -0.1) is 0 Å². The number of fused-ring (bicyclic) bond motifs is 2. The molecule has 0 radical (unpaired) electrons. The molecule has 0 bridgehead atoms. The van der Waals surface area contributed by atoms with Gasteiger partial charge in [0, 0.05) is 35.9 Å². The lowest BCUT2D eigenvalue weighted by Crippen LogP contribution is -2.36. The van der Waals surface area contributed by atoms with Gasteiger partial charge in [-0.25, -0.2) is 13.8 Å². The van der Waals surface area contributed by atoms with Gasteiger partial charge in [-0.1, -0.05) is 12.1 Å². The van der Waals surface area contributed by atoms with Crippen molar-refractivity contribution in [1.82, 2.24) is 14.5 Å². The van der Waals surface area contributed by atoms with Gasteiger partial charge in [-0.3, -0.25) is 14.3 Å². The van der Waals surface area contributed by atoms with E-state index in [2.05, 4.69) is 14.9 Å².